The Bertz CT molecular complexity index is 1060. The molecule has 1 saturated heterocycles. The molecule has 0 bridgehead atoms. The normalized spacial score (nSPS) is 29.5. The van der Waals surface area contributed by atoms with E-state index in [1.165, 1.54) is 4.90 Å². The molecule has 7 nitrogen and oxygen atoms in total. The van der Waals surface area contributed by atoms with Gasteiger partial charge in [0.15, 0.2) is 0 Å². The molecule has 11 heteroatoms. The molecule has 3 aliphatic rings. The van der Waals surface area contributed by atoms with Crippen molar-refractivity contribution in [3.63, 3.8) is 0 Å². The maximum atomic E-state index is 12.5. The molecule has 31 heavy (non-hydrogen) atoms. The molecule has 2 aliphatic heterocycles. The number of aromatic amines is 1. The van der Waals surface area contributed by atoms with Crippen LogP contribution in [0.1, 0.15) is 38.7 Å². The highest BCUT2D eigenvalue weighted by atomic mass is 19.4. The molecule has 3 N–H and O–H groups in total. The zero-order valence-electron chi connectivity index (χ0n) is 17.3. The molecule has 4 heterocycles. The van der Waals surface area contributed by atoms with E-state index >= 15 is 0 Å². The Morgan fingerprint density at radius 1 is 1.42 bits per heavy atom. The Hall–Kier alpha value is -2.27. The maximum Gasteiger partial charge on any atom is 0.493 e. The monoisotopic (exact) mass is 436 g/mol. The van der Waals surface area contributed by atoms with Gasteiger partial charge in [-0.2, -0.15) is 13.2 Å². The lowest BCUT2D eigenvalue weighted by Crippen LogP contribution is -2.44. The number of alkyl halides is 3. The first kappa shape index (κ1) is 20.6. The van der Waals surface area contributed by atoms with Crippen LogP contribution < -0.4 is 10.8 Å². The van der Waals surface area contributed by atoms with Crippen LogP contribution in [0.4, 0.5) is 18.0 Å². The van der Waals surface area contributed by atoms with Crippen molar-refractivity contribution in [3.8, 4) is 0 Å². The zero-order chi connectivity index (χ0) is 22.2. The molecule has 2 fully saturated rings. The van der Waals surface area contributed by atoms with Gasteiger partial charge in [0, 0.05) is 36.3 Å². The lowest BCUT2D eigenvalue weighted by Gasteiger charge is -2.37. The SMILES string of the molecule is CC1(C)CC2(CC13CCN(C(=O)NCC(F)(F)F)C3)OB(O)c1cnc3[nH]ccc3c12. The molecule has 2 atom stereocenters. The van der Waals surface area contributed by atoms with Gasteiger partial charge in [-0.15, -0.1) is 0 Å². The fraction of sp³-hybridized carbons (Fsp3) is 0.600. The topological polar surface area (TPSA) is 90.5 Å². The van der Waals surface area contributed by atoms with Gasteiger partial charge in [-0.25, -0.2) is 9.78 Å². The number of nitrogens with one attached hydrogen (secondary N) is 2. The number of pyridine rings is 1. The molecule has 1 aliphatic carbocycles. The second kappa shape index (κ2) is 6.38. The highest BCUT2D eigenvalue weighted by Crippen LogP contribution is 2.66. The number of urea groups is 1. The number of halogens is 3. The van der Waals surface area contributed by atoms with Gasteiger partial charge in [-0.3, -0.25) is 0 Å². The van der Waals surface area contributed by atoms with Crippen molar-refractivity contribution in [2.45, 2.75) is 44.9 Å². The van der Waals surface area contributed by atoms with E-state index in [9.17, 15) is 23.0 Å². The Morgan fingerprint density at radius 2 is 2.19 bits per heavy atom. The minimum atomic E-state index is -4.45. The summed E-state index contributed by atoms with van der Waals surface area (Å²) in [4.78, 5) is 21.3. The zero-order valence-corrected chi connectivity index (χ0v) is 17.3. The minimum Gasteiger partial charge on any atom is -0.423 e. The molecular weight excluding hydrogens is 412 g/mol. The first-order chi connectivity index (χ1) is 14.5. The lowest BCUT2D eigenvalue weighted by molar-refractivity contribution is -0.123. The fourth-order valence-corrected chi connectivity index (χ4v) is 6.10. The summed E-state index contributed by atoms with van der Waals surface area (Å²) >= 11 is 0. The number of carbonyl (C=O) groups is 1. The van der Waals surface area contributed by atoms with E-state index in [0.29, 0.717) is 43.5 Å². The van der Waals surface area contributed by atoms with Crippen molar-refractivity contribution in [2.75, 3.05) is 19.6 Å². The highest BCUT2D eigenvalue weighted by Gasteiger charge is 2.65. The molecule has 2 amide bonds. The Balaban J connectivity index is 1.46. The Morgan fingerprint density at radius 3 is 2.94 bits per heavy atom. The molecule has 0 radical (unpaired) electrons. The third-order valence-electron chi connectivity index (χ3n) is 7.54. The van der Waals surface area contributed by atoms with E-state index in [-0.39, 0.29) is 10.8 Å². The van der Waals surface area contributed by atoms with E-state index in [0.717, 1.165) is 10.9 Å². The number of hydrogen-bond acceptors (Lipinski definition) is 4. The van der Waals surface area contributed by atoms with Gasteiger partial charge in [0.05, 0.1) is 5.60 Å². The van der Waals surface area contributed by atoms with Crippen LogP contribution in [0.15, 0.2) is 18.5 Å². The van der Waals surface area contributed by atoms with E-state index in [2.05, 4.69) is 23.8 Å². The molecule has 2 spiro atoms. The summed E-state index contributed by atoms with van der Waals surface area (Å²) < 4.78 is 43.8. The van der Waals surface area contributed by atoms with Crippen LogP contribution in [-0.2, 0) is 10.3 Å². The van der Waals surface area contributed by atoms with Gasteiger partial charge >= 0.3 is 19.3 Å². The third kappa shape index (κ3) is 3.04. The number of fused-ring (bicyclic) bond motifs is 4. The molecule has 1 saturated carbocycles. The summed E-state index contributed by atoms with van der Waals surface area (Å²) in [6.45, 7) is 3.62. The molecule has 5 rings (SSSR count). The van der Waals surface area contributed by atoms with Crippen LogP contribution in [-0.4, -0.2) is 58.9 Å². The van der Waals surface area contributed by atoms with Crippen LogP contribution >= 0.6 is 0 Å². The van der Waals surface area contributed by atoms with Crippen LogP contribution in [0.25, 0.3) is 11.0 Å². The van der Waals surface area contributed by atoms with Crippen molar-refractivity contribution < 1.29 is 27.6 Å². The number of aromatic nitrogens is 2. The number of nitrogens with zero attached hydrogens (tertiary/aromatic N) is 2. The average molecular weight is 436 g/mol. The number of amides is 2. The standard InChI is InChI=1S/C20H24BF3N4O3/c1-17(2)8-19(14-12-3-5-25-15(12)26-7-13(14)21(30)31-19)9-18(17)4-6-28(11-18)16(29)27-10-20(22,23)24/h3,5,7,30H,4,6,8-11H2,1-2H3,(H,25,26)(H,27,29). The van der Waals surface area contributed by atoms with Crippen molar-refractivity contribution in [3.05, 3.63) is 24.0 Å². The predicted octanol–water partition coefficient (Wildman–Crippen LogP) is 2.26. The molecule has 2 aromatic heterocycles. The van der Waals surface area contributed by atoms with Gasteiger partial charge < -0.3 is 24.9 Å². The van der Waals surface area contributed by atoms with Crippen molar-refractivity contribution in [1.82, 2.24) is 20.2 Å². The summed E-state index contributed by atoms with van der Waals surface area (Å²) in [6.07, 6.45) is 0.858. The highest BCUT2D eigenvalue weighted by molar-refractivity contribution is 6.62. The maximum absolute atomic E-state index is 12.5. The van der Waals surface area contributed by atoms with Crippen LogP contribution in [0.5, 0.6) is 0 Å². The molecule has 2 aromatic rings. The second-order valence-electron chi connectivity index (χ2n) is 9.76. The quantitative estimate of drug-likeness (QED) is 0.599. The van der Waals surface area contributed by atoms with Crippen LogP contribution in [0.3, 0.4) is 0 Å². The van der Waals surface area contributed by atoms with Gasteiger partial charge in [-0.05, 0) is 41.7 Å². The van der Waals surface area contributed by atoms with Crippen LogP contribution in [0.2, 0.25) is 0 Å². The molecule has 2 unspecified atom stereocenters. The van der Waals surface area contributed by atoms with Gasteiger partial charge in [0.1, 0.15) is 12.2 Å². The van der Waals surface area contributed by atoms with Crippen molar-refractivity contribution >= 4 is 29.6 Å². The fourth-order valence-electron chi connectivity index (χ4n) is 6.10. The number of likely N-dealkylation sites (tertiary alicyclic amines) is 1. The van der Waals surface area contributed by atoms with Crippen LogP contribution in [0, 0.1) is 10.8 Å². The third-order valence-corrected chi connectivity index (χ3v) is 7.54. The predicted molar refractivity (Wildman–Crippen MR) is 108 cm³/mol. The number of rotatable bonds is 1. The molecule has 166 valence electrons. The lowest BCUT2D eigenvalue weighted by atomic mass is 9.67. The largest absolute Gasteiger partial charge is 0.493 e. The summed E-state index contributed by atoms with van der Waals surface area (Å²) in [7, 11) is -1.08. The van der Waals surface area contributed by atoms with Gasteiger partial charge in [0.2, 0.25) is 0 Å². The molecular formula is C20H24BF3N4O3. The minimum absolute atomic E-state index is 0.265. The molecule has 0 aromatic carbocycles. The second-order valence-corrected chi connectivity index (χ2v) is 9.76. The number of H-pyrrole nitrogens is 1. The van der Waals surface area contributed by atoms with E-state index in [1.54, 1.807) is 12.4 Å². The van der Waals surface area contributed by atoms with E-state index < -0.39 is 31.5 Å². The van der Waals surface area contributed by atoms with E-state index in [4.69, 9.17) is 4.65 Å². The summed E-state index contributed by atoms with van der Waals surface area (Å²) in [5.41, 5.74) is 0.956. The van der Waals surface area contributed by atoms with E-state index in [1.807, 2.05) is 11.4 Å². The number of hydrogen-bond donors (Lipinski definition) is 3. The van der Waals surface area contributed by atoms with Gasteiger partial charge in [0.25, 0.3) is 0 Å². The van der Waals surface area contributed by atoms with Crippen molar-refractivity contribution in [2.24, 2.45) is 10.8 Å². The first-order valence-electron chi connectivity index (χ1n) is 10.4. The first-order valence-corrected chi connectivity index (χ1v) is 10.4. The summed E-state index contributed by atoms with van der Waals surface area (Å²) in [6, 6.07) is 1.23. The van der Waals surface area contributed by atoms with Gasteiger partial charge in [-0.1, -0.05) is 13.8 Å². The number of carbonyl (C=O) groups excluding carboxylic acids is 1. The average Bonchev–Trinajstić information content (AvgIpc) is 3.39. The van der Waals surface area contributed by atoms with Crippen molar-refractivity contribution in [1.29, 1.82) is 0 Å². The summed E-state index contributed by atoms with van der Waals surface area (Å²) in [5.74, 6) is 0. The Labute approximate surface area is 177 Å². The summed E-state index contributed by atoms with van der Waals surface area (Å²) in [5, 5.41) is 13.5. The smallest absolute Gasteiger partial charge is 0.423 e. The Kier molecular flexibility index (Phi) is 4.25.